The van der Waals surface area contributed by atoms with E-state index < -0.39 is 15.9 Å². The van der Waals surface area contributed by atoms with E-state index in [1.807, 2.05) is 0 Å². The van der Waals surface area contributed by atoms with E-state index in [0.717, 1.165) is 0 Å². The first-order valence-corrected chi connectivity index (χ1v) is 5.02. The molecular formula is C8H8Cl3NO3. The second-order valence-electron chi connectivity index (χ2n) is 2.61. The van der Waals surface area contributed by atoms with Crippen molar-refractivity contribution in [1.82, 2.24) is 5.32 Å². The van der Waals surface area contributed by atoms with Crippen molar-refractivity contribution in [2.75, 3.05) is 7.11 Å². The van der Waals surface area contributed by atoms with E-state index in [1.165, 1.54) is 19.4 Å². The van der Waals surface area contributed by atoms with Gasteiger partial charge in [-0.1, -0.05) is 34.8 Å². The van der Waals surface area contributed by atoms with Gasteiger partial charge >= 0.3 is 0 Å². The van der Waals surface area contributed by atoms with Crippen LogP contribution in [-0.2, 0) is 4.74 Å². The van der Waals surface area contributed by atoms with Crippen LogP contribution in [0.3, 0.4) is 0 Å². The molecule has 1 N–H and O–H groups in total. The third-order valence-corrected chi connectivity index (χ3v) is 2.13. The Balaban J connectivity index is 2.65. The predicted molar refractivity (Wildman–Crippen MR) is 57.3 cm³/mol. The molecule has 1 heterocycles. The lowest BCUT2D eigenvalue weighted by molar-refractivity contribution is 0.0577. The number of alkyl halides is 3. The van der Waals surface area contributed by atoms with Crippen LogP contribution in [0, 0.1) is 0 Å². The van der Waals surface area contributed by atoms with E-state index in [0.29, 0.717) is 0 Å². The minimum Gasteiger partial charge on any atom is -0.459 e. The van der Waals surface area contributed by atoms with Crippen LogP contribution in [0.2, 0.25) is 0 Å². The van der Waals surface area contributed by atoms with Crippen molar-refractivity contribution in [2.45, 2.75) is 10.0 Å². The average molecular weight is 273 g/mol. The van der Waals surface area contributed by atoms with Crippen LogP contribution in [0.25, 0.3) is 0 Å². The zero-order chi connectivity index (χ0) is 11.5. The molecule has 7 heteroatoms. The summed E-state index contributed by atoms with van der Waals surface area (Å²) in [5.41, 5.74) is 0. The molecule has 0 aliphatic rings. The summed E-state index contributed by atoms with van der Waals surface area (Å²) in [5.74, 6) is -0.399. The molecule has 1 aromatic rings. The van der Waals surface area contributed by atoms with Crippen LogP contribution in [0.5, 0.6) is 0 Å². The molecular weight excluding hydrogens is 264 g/mol. The molecule has 0 unspecified atom stereocenters. The van der Waals surface area contributed by atoms with Gasteiger partial charge in [0.25, 0.3) is 5.91 Å². The summed E-state index contributed by atoms with van der Waals surface area (Å²) in [6.45, 7) is 0. The number of nitrogens with one attached hydrogen (secondary N) is 1. The molecule has 0 aliphatic heterocycles. The number of amides is 1. The lowest BCUT2D eigenvalue weighted by Gasteiger charge is -2.23. The summed E-state index contributed by atoms with van der Waals surface area (Å²) >= 11 is 16.7. The van der Waals surface area contributed by atoms with Gasteiger partial charge in [-0.3, -0.25) is 4.79 Å². The van der Waals surface area contributed by atoms with Crippen molar-refractivity contribution < 1.29 is 13.9 Å². The maximum Gasteiger partial charge on any atom is 0.289 e. The zero-order valence-electron chi connectivity index (χ0n) is 7.67. The second kappa shape index (κ2) is 5.07. The van der Waals surface area contributed by atoms with Crippen molar-refractivity contribution >= 4 is 40.7 Å². The standard InChI is InChI=1S/C8H8Cl3NO3/c1-14-7(8(9,10)11)12-6(13)5-3-2-4-15-5/h2-4,7H,1H3,(H,12,13)/t7-/m1/s1. The van der Waals surface area contributed by atoms with Crippen LogP contribution in [0.4, 0.5) is 0 Å². The number of ether oxygens (including phenoxy) is 1. The Morgan fingerprint density at radius 1 is 1.60 bits per heavy atom. The average Bonchev–Trinajstić information content (AvgIpc) is 2.64. The van der Waals surface area contributed by atoms with E-state index in [1.54, 1.807) is 6.07 Å². The number of methoxy groups -OCH3 is 1. The van der Waals surface area contributed by atoms with Gasteiger partial charge in [0.1, 0.15) is 0 Å². The fourth-order valence-corrected chi connectivity index (χ4v) is 1.30. The number of halogens is 3. The first-order valence-electron chi connectivity index (χ1n) is 3.89. The van der Waals surface area contributed by atoms with Gasteiger partial charge < -0.3 is 14.5 Å². The van der Waals surface area contributed by atoms with E-state index in [9.17, 15) is 4.79 Å². The van der Waals surface area contributed by atoms with Crippen LogP contribution in [-0.4, -0.2) is 23.0 Å². The molecule has 4 nitrogen and oxygen atoms in total. The fraction of sp³-hybridized carbons (Fsp3) is 0.375. The molecule has 1 atom stereocenters. The topological polar surface area (TPSA) is 51.5 Å². The molecule has 0 radical (unpaired) electrons. The van der Waals surface area contributed by atoms with Crippen LogP contribution < -0.4 is 5.32 Å². The van der Waals surface area contributed by atoms with Gasteiger partial charge in [0, 0.05) is 7.11 Å². The summed E-state index contributed by atoms with van der Waals surface area (Å²) in [4.78, 5) is 11.5. The molecule has 1 amide bonds. The quantitative estimate of drug-likeness (QED) is 0.679. The number of hydrogen-bond donors (Lipinski definition) is 1. The number of furan rings is 1. The minimum atomic E-state index is -1.74. The van der Waals surface area contributed by atoms with Crippen molar-refractivity contribution in [3.05, 3.63) is 24.2 Å². The Morgan fingerprint density at radius 2 is 2.27 bits per heavy atom. The van der Waals surface area contributed by atoms with E-state index in [2.05, 4.69) is 5.32 Å². The zero-order valence-corrected chi connectivity index (χ0v) is 9.94. The van der Waals surface area contributed by atoms with E-state index in [-0.39, 0.29) is 5.76 Å². The first kappa shape index (κ1) is 12.6. The Hall–Kier alpha value is -0.420. The summed E-state index contributed by atoms with van der Waals surface area (Å²) in [5, 5.41) is 2.36. The van der Waals surface area contributed by atoms with Crippen LogP contribution >= 0.6 is 34.8 Å². The van der Waals surface area contributed by atoms with Crippen LogP contribution in [0.15, 0.2) is 22.8 Å². The molecule has 84 valence electrons. The van der Waals surface area contributed by atoms with Crippen molar-refractivity contribution in [2.24, 2.45) is 0 Å². The van der Waals surface area contributed by atoms with Crippen molar-refractivity contribution in [1.29, 1.82) is 0 Å². The molecule has 0 saturated carbocycles. The molecule has 0 aromatic carbocycles. The lowest BCUT2D eigenvalue weighted by atomic mass is 10.4. The number of rotatable bonds is 3. The number of carbonyl (C=O) groups excluding carboxylic acids is 1. The highest BCUT2D eigenvalue weighted by atomic mass is 35.6. The number of carbonyl (C=O) groups is 1. The summed E-state index contributed by atoms with van der Waals surface area (Å²) in [6.07, 6.45) is 0.326. The SMILES string of the molecule is CO[C@@H](NC(=O)c1ccco1)C(Cl)(Cl)Cl. The molecule has 15 heavy (non-hydrogen) atoms. The fourth-order valence-electron chi connectivity index (χ4n) is 0.872. The van der Waals surface area contributed by atoms with Crippen LogP contribution in [0.1, 0.15) is 10.6 Å². The lowest BCUT2D eigenvalue weighted by Crippen LogP contribution is -2.44. The largest absolute Gasteiger partial charge is 0.459 e. The van der Waals surface area contributed by atoms with Gasteiger partial charge in [-0.25, -0.2) is 0 Å². The smallest absolute Gasteiger partial charge is 0.289 e. The molecule has 0 bridgehead atoms. The maximum atomic E-state index is 11.5. The second-order valence-corrected chi connectivity index (χ2v) is 4.98. The molecule has 1 rings (SSSR count). The van der Waals surface area contributed by atoms with Crippen molar-refractivity contribution in [3.8, 4) is 0 Å². The summed E-state index contributed by atoms with van der Waals surface area (Å²) in [7, 11) is 1.31. The van der Waals surface area contributed by atoms with Gasteiger partial charge in [-0.05, 0) is 12.1 Å². The summed E-state index contributed by atoms with van der Waals surface area (Å²) in [6, 6.07) is 3.06. The Bertz CT molecular complexity index is 320. The van der Waals surface area contributed by atoms with Gasteiger partial charge in [-0.15, -0.1) is 0 Å². The monoisotopic (exact) mass is 271 g/mol. The highest BCUT2D eigenvalue weighted by molar-refractivity contribution is 6.68. The van der Waals surface area contributed by atoms with Crippen molar-refractivity contribution in [3.63, 3.8) is 0 Å². The highest BCUT2D eigenvalue weighted by Crippen LogP contribution is 2.30. The van der Waals surface area contributed by atoms with Gasteiger partial charge in [-0.2, -0.15) is 0 Å². The van der Waals surface area contributed by atoms with Gasteiger partial charge in [0.15, 0.2) is 12.0 Å². The van der Waals surface area contributed by atoms with E-state index >= 15 is 0 Å². The minimum absolute atomic E-state index is 0.117. The molecule has 0 saturated heterocycles. The third-order valence-electron chi connectivity index (χ3n) is 1.54. The number of hydrogen-bond acceptors (Lipinski definition) is 3. The molecule has 0 spiro atoms. The first-order chi connectivity index (χ1) is 6.95. The van der Waals surface area contributed by atoms with Gasteiger partial charge in [0.05, 0.1) is 6.26 Å². The maximum absolute atomic E-state index is 11.5. The molecule has 0 aliphatic carbocycles. The highest BCUT2D eigenvalue weighted by Gasteiger charge is 2.34. The Morgan fingerprint density at radius 3 is 2.67 bits per heavy atom. The third kappa shape index (κ3) is 3.57. The predicted octanol–water partition coefficient (Wildman–Crippen LogP) is 2.35. The Labute approximate surface area is 101 Å². The molecule has 0 fully saturated rings. The van der Waals surface area contributed by atoms with Gasteiger partial charge in [0.2, 0.25) is 3.79 Å². The van der Waals surface area contributed by atoms with E-state index in [4.69, 9.17) is 44.0 Å². The Kier molecular flexibility index (Phi) is 4.28. The summed E-state index contributed by atoms with van der Waals surface area (Å²) < 4.78 is 7.93. The normalized spacial score (nSPS) is 13.6. The molecule has 1 aromatic heterocycles.